The molecule has 0 aliphatic carbocycles. The fraction of sp³-hybridized carbons (Fsp3) is 0.0526. The van der Waals surface area contributed by atoms with Crippen LogP contribution in [0, 0.1) is 18.2 Å². The average molecular weight is 305 g/mol. The van der Waals surface area contributed by atoms with E-state index in [1.807, 2.05) is 36.4 Å². The lowest BCUT2D eigenvalue weighted by Gasteiger charge is -2.12. The van der Waals surface area contributed by atoms with E-state index in [0.29, 0.717) is 11.1 Å². The SMILES string of the molecule is Cc1cc(Nc2ccc(-c3ccncc3)cc2)c(C=N)cc1F. The Balaban J connectivity index is 1.87. The summed E-state index contributed by atoms with van der Waals surface area (Å²) in [4.78, 5) is 4.01. The van der Waals surface area contributed by atoms with Crippen molar-refractivity contribution in [3.8, 4) is 11.1 Å². The predicted octanol–water partition coefficient (Wildman–Crippen LogP) is 4.94. The van der Waals surface area contributed by atoms with Gasteiger partial charge in [-0.1, -0.05) is 12.1 Å². The van der Waals surface area contributed by atoms with E-state index in [1.165, 1.54) is 6.07 Å². The largest absolute Gasteiger partial charge is 0.355 e. The maximum absolute atomic E-state index is 13.6. The lowest BCUT2D eigenvalue weighted by molar-refractivity contribution is 0.618. The lowest BCUT2D eigenvalue weighted by Crippen LogP contribution is -1.98. The van der Waals surface area contributed by atoms with Crippen LogP contribution in [0.15, 0.2) is 60.9 Å². The zero-order chi connectivity index (χ0) is 16.2. The van der Waals surface area contributed by atoms with E-state index < -0.39 is 0 Å². The number of anilines is 2. The molecule has 0 bridgehead atoms. The van der Waals surface area contributed by atoms with Gasteiger partial charge >= 0.3 is 0 Å². The van der Waals surface area contributed by atoms with Crippen molar-refractivity contribution in [1.29, 1.82) is 5.41 Å². The van der Waals surface area contributed by atoms with E-state index in [4.69, 9.17) is 5.41 Å². The highest BCUT2D eigenvalue weighted by Crippen LogP contribution is 2.25. The summed E-state index contributed by atoms with van der Waals surface area (Å²) < 4.78 is 13.6. The van der Waals surface area contributed by atoms with Crippen LogP contribution in [0.5, 0.6) is 0 Å². The van der Waals surface area contributed by atoms with Crippen LogP contribution in [0.1, 0.15) is 11.1 Å². The number of benzene rings is 2. The first-order chi connectivity index (χ1) is 11.2. The minimum atomic E-state index is -0.304. The lowest BCUT2D eigenvalue weighted by atomic mass is 10.1. The fourth-order valence-electron chi connectivity index (χ4n) is 2.37. The van der Waals surface area contributed by atoms with Gasteiger partial charge in [0, 0.05) is 35.5 Å². The number of halogens is 1. The third-order valence-electron chi connectivity index (χ3n) is 3.66. The molecule has 3 rings (SSSR count). The highest BCUT2D eigenvalue weighted by molar-refractivity contribution is 5.87. The van der Waals surface area contributed by atoms with Gasteiger partial charge in [0.2, 0.25) is 0 Å². The van der Waals surface area contributed by atoms with E-state index in [1.54, 1.807) is 25.4 Å². The van der Waals surface area contributed by atoms with Gasteiger partial charge in [-0.05, 0) is 60.0 Å². The number of pyridine rings is 1. The van der Waals surface area contributed by atoms with Crippen molar-refractivity contribution in [1.82, 2.24) is 4.98 Å². The third kappa shape index (κ3) is 3.26. The molecule has 0 radical (unpaired) electrons. The molecule has 2 N–H and O–H groups in total. The standard InChI is InChI=1S/C19H16FN3/c1-13-10-19(16(12-21)11-18(13)20)23-17-4-2-14(3-5-17)15-6-8-22-9-7-15/h2-12,21,23H,1H3. The van der Waals surface area contributed by atoms with Crippen molar-refractivity contribution < 1.29 is 4.39 Å². The number of aryl methyl sites for hydroxylation is 1. The van der Waals surface area contributed by atoms with Gasteiger partial charge in [0.15, 0.2) is 0 Å². The topological polar surface area (TPSA) is 48.8 Å². The van der Waals surface area contributed by atoms with E-state index >= 15 is 0 Å². The minimum Gasteiger partial charge on any atom is -0.355 e. The Morgan fingerprint density at radius 2 is 1.65 bits per heavy atom. The second kappa shape index (κ2) is 6.40. The second-order valence-corrected chi connectivity index (χ2v) is 5.27. The number of aromatic nitrogens is 1. The van der Waals surface area contributed by atoms with E-state index in [2.05, 4.69) is 10.3 Å². The van der Waals surface area contributed by atoms with Gasteiger partial charge in [-0.3, -0.25) is 4.98 Å². The van der Waals surface area contributed by atoms with Crippen LogP contribution in [-0.2, 0) is 0 Å². The Kier molecular flexibility index (Phi) is 4.15. The highest BCUT2D eigenvalue weighted by Gasteiger charge is 2.06. The van der Waals surface area contributed by atoms with Crippen molar-refractivity contribution in [2.75, 3.05) is 5.32 Å². The van der Waals surface area contributed by atoms with E-state index in [0.717, 1.165) is 28.7 Å². The summed E-state index contributed by atoms with van der Waals surface area (Å²) in [6.07, 6.45) is 4.68. The van der Waals surface area contributed by atoms with Crippen LogP contribution in [0.4, 0.5) is 15.8 Å². The van der Waals surface area contributed by atoms with Crippen LogP contribution in [-0.4, -0.2) is 11.2 Å². The van der Waals surface area contributed by atoms with Gasteiger partial charge in [0.1, 0.15) is 5.82 Å². The first-order valence-corrected chi connectivity index (χ1v) is 7.25. The van der Waals surface area contributed by atoms with Crippen molar-refractivity contribution in [2.24, 2.45) is 0 Å². The molecular weight excluding hydrogens is 289 g/mol. The number of rotatable bonds is 4. The van der Waals surface area contributed by atoms with Crippen molar-refractivity contribution in [2.45, 2.75) is 6.92 Å². The van der Waals surface area contributed by atoms with Gasteiger partial charge in [0.05, 0.1) is 0 Å². The zero-order valence-electron chi connectivity index (χ0n) is 12.7. The van der Waals surface area contributed by atoms with E-state index in [-0.39, 0.29) is 5.82 Å². The Morgan fingerprint density at radius 1 is 1.00 bits per heavy atom. The van der Waals surface area contributed by atoms with Crippen LogP contribution < -0.4 is 5.32 Å². The van der Waals surface area contributed by atoms with Crippen molar-refractivity contribution >= 4 is 17.6 Å². The minimum absolute atomic E-state index is 0.304. The van der Waals surface area contributed by atoms with Crippen LogP contribution in [0.2, 0.25) is 0 Å². The molecule has 4 heteroatoms. The summed E-state index contributed by atoms with van der Waals surface area (Å²) in [6, 6.07) is 14.9. The first kappa shape index (κ1) is 14.9. The number of hydrogen-bond donors (Lipinski definition) is 2. The summed E-state index contributed by atoms with van der Waals surface area (Å²) in [6.45, 7) is 1.71. The Bertz CT molecular complexity index is 827. The van der Waals surface area contributed by atoms with Crippen molar-refractivity contribution in [3.63, 3.8) is 0 Å². The van der Waals surface area contributed by atoms with Crippen LogP contribution in [0.25, 0.3) is 11.1 Å². The molecule has 3 nitrogen and oxygen atoms in total. The molecule has 0 fully saturated rings. The smallest absolute Gasteiger partial charge is 0.126 e. The zero-order valence-corrected chi connectivity index (χ0v) is 12.7. The van der Waals surface area contributed by atoms with Crippen LogP contribution in [0.3, 0.4) is 0 Å². The summed E-state index contributed by atoms with van der Waals surface area (Å²) >= 11 is 0. The molecule has 0 atom stereocenters. The van der Waals surface area contributed by atoms with Gasteiger partial charge < -0.3 is 10.7 Å². The summed E-state index contributed by atoms with van der Waals surface area (Å²) in [5, 5.41) is 10.7. The highest BCUT2D eigenvalue weighted by atomic mass is 19.1. The molecule has 0 aliphatic heterocycles. The predicted molar refractivity (Wildman–Crippen MR) is 92.0 cm³/mol. The quantitative estimate of drug-likeness (QED) is 0.671. The number of nitrogens with zero attached hydrogens (tertiary/aromatic N) is 1. The summed E-state index contributed by atoms with van der Waals surface area (Å²) in [5.74, 6) is -0.304. The number of hydrogen-bond acceptors (Lipinski definition) is 3. The van der Waals surface area contributed by atoms with E-state index in [9.17, 15) is 4.39 Å². The molecule has 1 aromatic heterocycles. The van der Waals surface area contributed by atoms with Gasteiger partial charge in [-0.2, -0.15) is 0 Å². The molecule has 1 heterocycles. The van der Waals surface area contributed by atoms with Gasteiger partial charge in [-0.15, -0.1) is 0 Å². The molecule has 0 aliphatic rings. The van der Waals surface area contributed by atoms with Gasteiger partial charge in [0.25, 0.3) is 0 Å². The molecule has 23 heavy (non-hydrogen) atoms. The Morgan fingerprint density at radius 3 is 2.30 bits per heavy atom. The summed E-state index contributed by atoms with van der Waals surface area (Å²) in [5.41, 5.74) is 4.87. The fourth-order valence-corrected chi connectivity index (χ4v) is 2.37. The second-order valence-electron chi connectivity index (χ2n) is 5.27. The monoisotopic (exact) mass is 305 g/mol. The first-order valence-electron chi connectivity index (χ1n) is 7.25. The summed E-state index contributed by atoms with van der Waals surface area (Å²) in [7, 11) is 0. The average Bonchev–Trinajstić information content (AvgIpc) is 2.59. The molecule has 2 aromatic carbocycles. The number of nitrogens with one attached hydrogen (secondary N) is 2. The maximum Gasteiger partial charge on any atom is 0.126 e. The molecule has 0 spiro atoms. The van der Waals surface area contributed by atoms with Crippen LogP contribution >= 0.6 is 0 Å². The molecule has 0 unspecified atom stereocenters. The Hall–Kier alpha value is -3.01. The molecule has 0 amide bonds. The third-order valence-corrected chi connectivity index (χ3v) is 3.66. The molecular formula is C19H16FN3. The maximum atomic E-state index is 13.6. The molecule has 3 aromatic rings. The molecule has 114 valence electrons. The van der Waals surface area contributed by atoms with Gasteiger partial charge in [-0.25, -0.2) is 4.39 Å². The van der Waals surface area contributed by atoms with Crippen molar-refractivity contribution in [3.05, 3.63) is 77.9 Å². The molecule has 0 saturated heterocycles. The Labute approximate surface area is 134 Å². The normalized spacial score (nSPS) is 10.3. The molecule has 0 saturated carbocycles.